The maximum Gasteiger partial charge on any atom is 1.00 e. The van der Waals surface area contributed by atoms with Crippen molar-refractivity contribution in [3.05, 3.63) is 77.9 Å². The zero-order chi connectivity index (χ0) is 14.2. The Morgan fingerprint density at radius 2 is 1.67 bits per heavy atom. The summed E-state index contributed by atoms with van der Waals surface area (Å²) < 4.78 is 5.48. The van der Waals surface area contributed by atoms with Gasteiger partial charge in [0.25, 0.3) is 0 Å². The van der Waals surface area contributed by atoms with Crippen molar-refractivity contribution in [1.82, 2.24) is 0 Å². The van der Waals surface area contributed by atoms with Gasteiger partial charge >= 0.3 is 51.4 Å². The molecule has 4 heteroatoms. The summed E-state index contributed by atoms with van der Waals surface area (Å²) >= 11 is 0. The van der Waals surface area contributed by atoms with Crippen molar-refractivity contribution in [2.75, 3.05) is 6.61 Å². The number of rotatable bonds is 6. The predicted octanol–water partition coefficient (Wildman–Crippen LogP) is -0.768. The second-order valence-corrected chi connectivity index (χ2v) is 4.28. The molecule has 3 nitrogen and oxygen atoms in total. The van der Waals surface area contributed by atoms with Crippen LogP contribution in [0.1, 0.15) is 15.9 Å². The van der Waals surface area contributed by atoms with Gasteiger partial charge in [0.1, 0.15) is 12.4 Å². The number of carbonyl (C=O) groups excluding carboxylic acids is 1. The number of allylic oxidation sites excluding steroid dienone is 1. The van der Waals surface area contributed by atoms with E-state index >= 15 is 0 Å². The molecule has 0 heterocycles. The number of hydrogen-bond donors (Lipinski definition) is 0. The van der Waals surface area contributed by atoms with Gasteiger partial charge in [-0.05, 0) is 41.8 Å². The number of carboxylic acid groups (broad SMARTS) is 1. The molecule has 102 valence electrons. The Balaban J connectivity index is 0.00000220. The zero-order valence-corrected chi connectivity index (χ0v) is 15.1. The number of benzene rings is 2. The van der Waals surface area contributed by atoms with E-state index in [9.17, 15) is 9.90 Å². The van der Waals surface area contributed by atoms with Gasteiger partial charge in [-0.25, -0.2) is 0 Å². The van der Waals surface area contributed by atoms with Crippen LogP contribution in [0.3, 0.4) is 0 Å². The van der Waals surface area contributed by atoms with E-state index in [1.54, 1.807) is 12.1 Å². The number of hydrogen-bond acceptors (Lipinski definition) is 3. The second-order valence-electron chi connectivity index (χ2n) is 4.28. The van der Waals surface area contributed by atoms with E-state index in [4.69, 9.17) is 4.74 Å². The van der Waals surface area contributed by atoms with Crippen molar-refractivity contribution in [3.63, 3.8) is 0 Å². The smallest absolute Gasteiger partial charge is 0.545 e. The first kappa shape index (κ1) is 18.1. The molecule has 0 aliphatic heterocycles. The van der Waals surface area contributed by atoms with Crippen LogP contribution in [0.4, 0.5) is 0 Å². The van der Waals surface area contributed by atoms with Crippen molar-refractivity contribution >= 4 is 5.97 Å². The molecule has 0 saturated heterocycles. The first-order chi connectivity index (χ1) is 9.75. The van der Waals surface area contributed by atoms with Crippen molar-refractivity contribution < 1.29 is 66.0 Å². The third kappa shape index (κ3) is 6.59. The van der Waals surface area contributed by atoms with E-state index in [-0.39, 0.29) is 56.9 Å². The molecule has 21 heavy (non-hydrogen) atoms. The minimum atomic E-state index is -1.18. The molecule has 0 aliphatic rings. The van der Waals surface area contributed by atoms with Gasteiger partial charge in [0.05, 0.1) is 5.97 Å². The quantitative estimate of drug-likeness (QED) is 0.520. The Hall–Kier alpha value is -0.914. The van der Waals surface area contributed by atoms with E-state index in [0.29, 0.717) is 12.4 Å². The molecule has 0 radical (unpaired) electrons. The summed E-state index contributed by atoms with van der Waals surface area (Å²) in [5, 5.41) is 10.6. The van der Waals surface area contributed by atoms with Crippen molar-refractivity contribution in [2.45, 2.75) is 6.42 Å². The predicted molar refractivity (Wildman–Crippen MR) is 75.6 cm³/mol. The van der Waals surface area contributed by atoms with Crippen LogP contribution in [0.2, 0.25) is 0 Å². The molecule has 0 atom stereocenters. The largest absolute Gasteiger partial charge is 1.00 e. The van der Waals surface area contributed by atoms with Crippen LogP contribution >= 0.6 is 0 Å². The van der Waals surface area contributed by atoms with Crippen LogP contribution in [0.15, 0.2) is 66.7 Å². The van der Waals surface area contributed by atoms with Crippen LogP contribution in [0.5, 0.6) is 5.75 Å². The van der Waals surface area contributed by atoms with Crippen LogP contribution in [-0.4, -0.2) is 12.6 Å². The fourth-order valence-corrected chi connectivity index (χ4v) is 1.73. The summed E-state index contributed by atoms with van der Waals surface area (Å²) in [4.78, 5) is 10.6. The fourth-order valence-electron chi connectivity index (χ4n) is 1.73. The normalized spacial score (nSPS) is 10.1. The maximum atomic E-state index is 10.6. The van der Waals surface area contributed by atoms with Crippen molar-refractivity contribution in [1.29, 1.82) is 0 Å². The van der Waals surface area contributed by atoms with Gasteiger partial charge in [0, 0.05) is 0 Å². The molecule has 0 bridgehead atoms. The van der Waals surface area contributed by atoms with E-state index in [2.05, 4.69) is 12.1 Å². The molecule has 0 aromatic heterocycles. The average Bonchev–Trinajstić information content (AvgIpc) is 2.48. The number of carboxylic acids is 1. The van der Waals surface area contributed by atoms with Gasteiger partial charge in [0.2, 0.25) is 0 Å². The van der Waals surface area contributed by atoms with Crippen molar-refractivity contribution in [3.8, 4) is 5.75 Å². The molecule has 0 N–H and O–H groups in total. The fraction of sp³-hybridized carbons (Fsp3) is 0.118. The van der Waals surface area contributed by atoms with Crippen LogP contribution in [0, 0.1) is 0 Å². The first-order valence-corrected chi connectivity index (χ1v) is 6.39. The topological polar surface area (TPSA) is 49.4 Å². The number of ether oxygens (including phenoxy) is 1. The van der Waals surface area contributed by atoms with E-state index in [1.165, 1.54) is 17.7 Å². The Labute approximate surface area is 167 Å². The summed E-state index contributed by atoms with van der Waals surface area (Å²) in [7, 11) is 0. The van der Waals surface area contributed by atoms with Gasteiger partial charge in [-0.2, -0.15) is 0 Å². The summed E-state index contributed by atoms with van der Waals surface area (Å²) in [6.45, 7) is 0.456. The molecule has 2 aromatic rings. The third-order valence-electron chi connectivity index (χ3n) is 2.80. The molecule has 0 unspecified atom stereocenters. The molecular weight excluding hydrogens is 291 g/mol. The minimum absolute atomic E-state index is 0. The average molecular weight is 306 g/mol. The van der Waals surface area contributed by atoms with Gasteiger partial charge in [-0.1, -0.05) is 42.5 Å². The summed E-state index contributed by atoms with van der Waals surface area (Å²) in [6, 6.07) is 16.3. The first-order valence-electron chi connectivity index (χ1n) is 6.39. The third-order valence-corrected chi connectivity index (χ3v) is 2.80. The summed E-state index contributed by atoms with van der Waals surface area (Å²) in [5.41, 5.74) is 1.40. The monoisotopic (exact) mass is 306 g/mol. The SMILES string of the molecule is O=C([O-])c1ccc(OCC=CCc2ccccc2)cc1.[K+]. The summed E-state index contributed by atoms with van der Waals surface area (Å²) in [5.74, 6) is -0.543. The van der Waals surface area contributed by atoms with E-state index in [0.717, 1.165) is 6.42 Å². The van der Waals surface area contributed by atoms with Gasteiger partial charge in [0.15, 0.2) is 0 Å². The Bertz CT molecular complexity index is 577. The number of aromatic carboxylic acids is 1. The van der Waals surface area contributed by atoms with Gasteiger partial charge < -0.3 is 14.6 Å². The Morgan fingerprint density at radius 1 is 1.00 bits per heavy atom. The van der Waals surface area contributed by atoms with Crippen molar-refractivity contribution in [2.24, 2.45) is 0 Å². The Kier molecular flexibility index (Phi) is 8.57. The second kappa shape index (κ2) is 9.92. The molecule has 0 aliphatic carbocycles. The molecule has 0 fully saturated rings. The molecule has 2 aromatic carbocycles. The van der Waals surface area contributed by atoms with Crippen LogP contribution in [-0.2, 0) is 6.42 Å². The zero-order valence-electron chi connectivity index (χ0n) is 12.0. The molecular formula is C17H15KO3. The number of carbonyl (C=O) groups is 1. The van der Waals surface area contributed by atoms with Gasteiger partial charge in [-0.3, -0.25) is 0 Å². The van der Waals surface area contributed by atoms with Crippen LogP contribution in [0.25, 0.3) is 0 Å². The molecule has 2 rings (SSSR count). The molecule has 0 spiro atoms. The van der Waals surface area contributed by atoms with E-state index in [1.807, 2.05) is 30.4 Å². The molecule has 0 saturated carbocycles. The molecule has 0 amide bonds. The van der Waals surface area contributed by atoms with Crippen LogP contribution < -0.4 is 61.2 Å². The standard InChI is InChI=1S/C17H16O3.K/c18-17(19)15-9-11-16(12-10-15)20-13-5-4-8-14-6-2-1-3-7-14;/h1-7,9-12H,8,13H2,(H,18,19);/q;+1/p-1. The summed E-state index contributed by atoms with van der Waals surface area (Å²) in [6.07, 6.45) is 4.86. The minimum Gasteiger partial charge on any atom is -0.545 e. The Morgan fingerprint density at radius 3 is 2.29 bits per heavy atom. The van der Waals surface area contributed by atoms with Gasteiger partial charge in [-0.15, -0.1) is 0 Å². The van der Waals surface area contributed by atoms with E-state index < -0.39 is 5.97 Å². The maximum absolute atomic E-state index is 10.6.